The molecule has 0 radical (unpaired) electrons. The van der Waals surface area contributed by atoms with E-state index in [4.69, 9.17) is 23.0 Å². The largest absolute Gasteiger partial charge is 0.460 e. The van der Waals surface area contributed by atoms with Crippen LogP contribution in [0.15, 0.2) is 49.9 Å². The summed E-state index contributed by atoms with van der Waals surface area (Å²) in [5.74, 6) is 0.0842. The van der Waals surface area contributed by atoms with E-state index in [-0.39, 0.29) is 12.4 Å². The van der Waals surface area contributed by atoms with E-state index in [1.54, 1.807) is 37.3 Å². The third kappa shape index (κ3) is 4.71. The van der Waals surface area contributed by atoms with Gasteiger partial charge in [-0.25, -0.2) is 9.59 Å². The third-order valence-corrected chi connectivity index (χ3v) is 4.18. The minimum absolute atomic E-state index is 0.129. The third-order valence-electron chi connectivity index (χ3n) is 3.76. The molecule has 0 atom stereocenters. The highest BCUT2D eigenvalue weighted by Gasteiger charge is 2.20. The molecule has 1 aromatic carbocycles. The second-order valence-electron chi connectivity index (χ2n) is 5.72. The Labute approximate surface area is 169 Å². The molecular formula is C20H17BrO7. The lowest BCUT2D eigenvalue weighted by atomic mass is 10.1. The minimum atomic E-state index is -0.587. The van der Waals surface area contributed by atoms with Gasteiger partial charge in [-0.2, -0.15) is 0 Å². The van der Waals surface area contributed by atoms with Crippen molar-refractivity contribution >= 4 is 44.9 Å². The van der Waals surface area contributed by atoms with Gasteiger partial charge in [0, 0.05) is 18.6 Å². The molecule has 3 aromatic rings. The Balaban J connectivity index is 1.77. The Morgan fingerprint density at radius 3 is 2.68 bits per heavy atom. The summed E-state index contributed by atoms with van der Waals surface area (Å²) in [6.07, 6.45) is 2.74. The van der Waals surface area contributed by atoms with Gasteiger partial charge < -0.3 is 23.0 Å². The Morgan fingerprint density at radius 2 is 1.96 bits per heavy atom. The number of carbonyl (C=O) groups excluding carboxylic acids is 2. The fourth-order valence-corrected chi connectivity index (χ4v) is 2.84. The number of hydrogen-bond donors (Lipinski definition) is 0. The van der Waals surface area contributed by atoms with Crippen molar-refractivity contribution in [2.45, 2.75) is 6.92 Å². The zero-order chi connectivity index (χ0) is 20.1. The predicted molar refractivity (Wildman–Crippen MR) is 104 cm³/mol. The number of halogens is 1. The van der Waals surface area contributed by atoms with E-state index in [9.17, 15) is 9.59 Å². The summed E-state index contributed by atoms with van der Waals surface area (Å²) in [7, 11) is 1.52. The molecule has 0 amide bonds. The zero-order valence-electron chi connectivity index (χ0n) is 15.2. The van der Waals surface area contributed by atoms with Crippen LogP contribution in [-0.2, 0) is 14.3 Å². The molecule has 2 heterocycles. The van der Waals surface area contributed by atoms with Crippen LogP contribution in [0.2, 0.25) is 0 Å². The van der Waals surface area contributed by atoms with Crippen molar-refractivity contribution in [2.24, 2.45) is 0 Å². The Hall–Kier alpha value is -2.84. The maximum absolute atomic E-state index is 12.3. The van der Waals surface area contributed by atoms with Crippen LogP contribution in [0.4, 0.5) is 0 Å². The summed E-state index contributed by atoms with van der Waals surface area (Å²) >= 11 is 3.19. The standard InChI is InChI=1S/C20H17BrO7/c1-12-19(20(23)25-10-9-24-2)15-11-14(3-6-16(15)26-12)28-18(22)8-5-13-4-7-17(21)27-13/h3-8,11H,9-10H2,1-2H3. The fraction of sp³-hybridized carbons (Fsp3) is 0.200. The van der Waals surface area contributed by atoms with Crippen molar-refractivity contribution in [2.75, 3.05) is 20.3 Å². The summed E-state index contributed by atoms with van der Waals surface area (Å²) in [5, 5.41) is 0.504. The Morgan fingerprint density at radius 1 is 1.14 bits per heavy atom. The van der Waals surface area contributed by atoms with Crippen LogP contribution < -0.4 is 4.74 Å². The van der Waals surface area contributed by atoms with E-state index in [1.165, 1.54) is 19.3 Å². The van der Waals surface area contributed by atoms with Crippen molar-refractivity contribution in [1.82, 2.24) is 0 Å². The van der Waals surface area contributed by atoms with Gasteiger partial charge in [0.05, 0.1) is 6.61 Å². The van der Waals surface area contributed by atoms with Gasteiger partial charge in [-0.3, -0.25) is 0 Å². The molecule has 2 aromatic heterocycles. The maximum atomic E-state index is 12.3. The molecule has 0 fully saturated rings. The molecule has 0 aliphatic carbocycles. The number of ether oxygens (including phenoxy) is 3. The highest BCUT2D eigenvalue weighted by molar-refractivity contribution is 9.10. The smallest absolute Gasteiger partial charge is 0.342 e. The summed E-state index contributed by atoms with van der Waals surface area (Å²) < 4.78 is 26.8. The number of furan rings is 2. The van der Waals surface area contributed by atoms with Crippen molar-refractivity contribution in [3.63, 3.8) is 0 Å². The number of benzene rings is 1. The summed E-state index contributed by atoms with van der Waals surface area (Å²) in [4.78, 5) is 24.4. The van der Waals surface area contributed by atoms with Gasteiger partial charge in [0.2, 0.25) is 0 Å². The van der Waals surface area contributed by atoms with Crippen LogP contribution in [0.5, 0.6) is 5.75 Å². The molecular weight excluding hydrogens is 432 g/mol. The van der Waals surface area contributed by atoms with Gasteiger partial charge in [0.1, 0.15) is 35.0 Å². The average Bonchev–Trinajstić information content (AvgIpc) is 3.22. The zero-order valence-corrected chi connectivity index (χ0v) is 16.8. The number of carbonyl (C=O) groups is 2. The monoisotopic (exact) mass is 448 g/mol. The highest BCUT2D eigenvalue weighted by Crippen LogP contribution is 2.30. The minimum Gasteiger partial charge on any atom is -0.460 e. The summed E-state index contributed by atoms with van der Waals surface area (Å²) in [5.41, 5.74) is 0.784. The molecule has 0 saturated heterocycles. The molecule has 0 N–H and O–H groups in total. The van der Waals surface area contributed by atoms with E-state index in [0.29, 0.717) is 39.3 Å². The molecule has 0 saturated carbocycles. The maximum Gasteiger partial charge on any atom is 0.342 e. The van der Waals surface area contributed by atoms with Gasteiger partial charge in [-0.1, -0.05) is 0 Å². The average molecular weight is 449 g/mol. The normalized spacial score (nSPS) is 11.2. The lowest BCUT2D eigenvalue weighted by Gasteiger charge is -2.04. The Bertz CT molecular complexity index is 1030. The topological polar surface area (TPSA) is 88.1 Å². The second-order valence-corrected chi connectivity index (χ2v) is 6.50. The molecule has 28 heavy (non-hydrogen) atoms. The SMILES string of the molecule is COCCOC(=O)c1c(C)oc2ccc(OC(=O)C=Cc3ccc(Br)o3)cc12. The van der Waals surface area contributed by atoms with Gasteiger partial charge in [0.25, 0.3) is 0 Å². The van der Waals surface area contributed by atoms with E-state index >= 15 is 0 Å². The first-order valence-corrected chi connectivity index (χ1v) is 9.11. The molecule has 0 aliphatic heterocycles. The van der Waals surface area contributed by atoms with Gasteiger partial charge in [-0.15, -0.1) is 0 Å². The predicted octanol–water partition coefficient (Wildman–Crippen LogP) is 4.52. The van der Waals surface area contributed by atoms with E-state index in [2.05, 4.69) is 15.9 Å². The van der Waals surface area contributed by atoms with Crippen LogP contribution in [-0.4, -0.2) is 32.3 Å². The first kappa shape index (κ1) is 19.9. The molecule has 0 spiro atoms. The molecule has 0 bridgehead atoms. The quantitative estimate of drug-likeness (QED) is 0.227. The van der Waals surface area contributed by atoms with E-state index in [1.807, 2.05) is 0 Å². The molecule has 0 aliphatic rings. The lowest BCUT2D eigenvalue weighted by Crippen LogP contribution is -2.10. The first-order chi connectivity index (χ1) is 13.5. The van der Waals surface area contributed by atoms with Crippen LogP contribution >= 0.6 is 15.9 Å². The number of hydrogen-bond acceptors (Lipinski definition) is 7. The number of aryl methyl sites for hydroxylation is 1. The number of methoxy groups -OCH3 is 1. The van der Waals surface area contributed by atoms with Crippen LogP contribution in [0.1, 0.15) is 21.9 Å². The Kier molecular flexibility index (Phi) is 6.33. The molecule has 0 unspecified atom stereocenters. The van der Waals surface area contributed by atoms with Crippen LogP contribution in [0, 0.1) is 6.92 Å². The summed E-state index contributed by atoms with van der Waals surface area (Å²) in [6, 6.07) is 8.20. The van der Waals surface area contributed by atoms with Crippen LogP contribution in [0.25, 0.3) is 17.0 Å². The number of fused-ring (bicyclic) bond motifs is 1. The van der Waals surface area contributed by atoms with Crippen molar-refractivity contribution in [3.8, 4) is 5.75 Å². The van der Waals surface area contributed by atoms with Gasteiger partial charge in [0.15, 0.2) is 4.67 Å². The molecule has 3 rings (SSSR count). The fourth-order valence-electron chi connectivity index (χ4n) is 2.52. The first-order valence-electron chi connectivity index (χ1n) is 8.32. The molecule has 7 nitrogen and oxygen atoms in total. The number of esters is 2. The highest BCUT2D eigenvalue weighted by atomic mass is 79.9. The van der Waals surface area contributed by atoms with E-state index in [0.717, 1.165) is 0 Å². The van der Waals surface area contributed by atoms with E-state index < -0.39 is 11.9 Å². The lowest BCUT2D eigenvalue weighted by molar-refractivity contribution is -0.128. The molecule has 146 valence electrons. The van der Waals surface area contributed by atoms with Gasteiger partial charge >= 0.3 is 11.9 Å². The summed E-state index contributed by atoms with van der Waals surface area (Å²) in [6.45, 7) is 2.09. The molecule has 8 heteroatoms. The number of rotatable bonds is 7. The second kappa shape index (κ2) is 8.90. The van der Waals surface area contributed by atoms with Crippen molar-refractivity contribution < 1.29 is 32.6 Å². The van der Waals surface area contributed by atoms with Crippen LogP contribution in [0.3, 0.4) is 0 Å². The van der Waals surface area contributed by atoms with Crippen molar-refractivity contribution in [3.05, 3.63) is 58.2 Å². The van der Waals surface area contributed by atoms with Crippen molar-refractivity contribution in [1.29, 1.82) is 0 Å². The van der Waals surface area contributed by atoms with Gasteiger partial charge in [-0.05, 0) is 59.3 Å².